The molecule has 3 aromatic carbocycles. The molecular weight excluding hydrogens is 1690 g/mol. The number of hydrogen-bond acceptors (Lipinski definition) is 19. The van der Waals surface area contributed by atoms with E-state index in [9.17, 15) is 62.4 Å². The van der Waals surface area contributed by atoms with Gasteiger partial charge in [-0.05, 0) is 150 Å². The fourth-order valence-corrected chi connectivity index (χ4v) is 17.8. The Kier molecular flexibility index (Phi) is 25.0. The maximum absolute atomic E-state index is 14.3. The number of carbonyl (C=O) groups excluding carboxylic acids is 5. The number of anilines is 1. The molecule has 646 valence electrons. The summed E-state index contributed by atoms with van der Waals surface area (Å²) in [6.45, 7) is 31.5. The van der Waals surface area contributed by atoms with Crippen LogP contribution in [0, 0.1) is 17.5 Å². The lowest BCUT2D eigenvalue weighted by Crippen LogP contribution is -2.63. The Bertz CT molecular complexity index is 6160. The molecule has 7 aromatic heterocycles. The second-order valence-corrected chi connectivity index (χ2v) is 42.3. The molecule has 10 aromatic rings. The van der Waals surface area contributed by atoms with Gasteiger partial charge < -0.3 is 38.2 Å². The Morgan fingerprint density at radius 3 is 1.21 bits per heavy atom. The van der Waals surface area contributed by atoms with Crippen LogP contribution in [0.4, 0.5) is 23.8 Å². The lowest BCUT2D eigenvalue weighted by atomic mass is 9.86. The van der Waals surface area contributed by atoms with Crippen molar-refractivity contribution >= 4 is 134 Å². The van der Waals surface area contributed by atoms with Crippen molar-refractivity contribution in [3.05, 3.63) is 181 Å². The number of carbonyl (C=O) groups is 5. The third kappa shape index (κ3) is 20.8. The van der Waals surface area contributed by atoms with Crippen molar-refractivity contribution in [2.45, 2.75) is 174 Å². The van der Waals surface area contributed by atoms with Gasteiger partial charge in [0.1, 0.15) is 45.5 Å². The van der Waals surface area contributed by atoms with E-state index >= 15 is 0 Å². The van der Waals surface area contributed by atoms with Gasteiger partial charge in [-0.1, -0.05) is 121 Å². The first kappa shape index (κ1) is 90.5. The van der Waals surface area contributed by atoms with E-state index in [1.54, 1.807) is 63.2 Å². The Hall–Kier alpha value is -9.74. The molecule has 1 aliphatic carbocycles. The molecule has 1 atom stereocenters. The number of nitrogens with one attached hydrogen (secondary N) is 4. The van der Waals surface area contributed by atoms with Gasteiger partial charge in [-0.2, -0.15) is 17.4 Å². The van der Waals surface area contributed by atoms with E-state index in [0.29, 0.717) is 112 Å². The fraction of sp³-hybridized carbons (Fsp3) is 0.424. The van der Waals surface area contributed by atoms with Crippen LogP contribution < -0.4 is 24.4 Å². The van der Waals surface area contributed by atoms with Crippen LogP contribution in [0.5, 0.6) is 0 Å². The highest BCUT2D eigenvalue weighted by molar-refractivity contribution is 7.89. The summed E-state index contributed by atoms with van der Waals surface area (Å²) in [5.74, 6) is -2.55. The highest BCUT2D eigenvalue weighted by atomic mass is 35.5. The number of likely N-dealkylation sites (tertiary alicyclic amines) is 1. The minimum atomic E-state index is -3.74. The summed E-state index contributed by atoms with van der Waals surface area (Å²) in [5.41, 5.74) is 5.41. The average Bonchev–Trinajstić information content (AvgIpc) is 1.64. The van der Waals surface area contributed by atoms with Crippen molar-refractivity contribution in [2.24, 2.45) is 0 Å². The zero-order valence-electron chi connectivity index (χ0n) is 70.1. The first-order valence-corrected chi connectivity index (χ1v) is 45.4. The molecule has 36 heteroatoms. The number of halogens is 6. The normalized spacial score (nSPS) is 17.2. The zero-order valence-corrected chi connectivity index (χ0v) is 74.8. The van der Waals surface area contributed by atoms with Gasteiger partial charge in [0, 0.05) is 115 Å². The first-order chi connectivity index (χ1) is 56.0. The third-order valence-corrected chi connectivity index (χ3v) is 24.9. The number of furan rings is 3. The van der Waals surface area contributed by atoms with Crippen molar-refractivity contribution in [1.82, 2.24) is 58.4 Å². The molecule has 3 aliphatic heterocycles. The highest BCUT2D eigenvalue weighted by Crippen LogP contribution is 2.42. The maximum Gasteiger partial charge on any atom is 0.328 e. The summed E-state index contributed by atoms with van der Waals surface area (Å²) in [4.78, 5) is 91.1. The molecule has 0 spiro atoms. The van der Waals surface area contributed by atoms with E-state index in [2.05, 4.69) is 25.0 Å². The molecule has 1 unspecified atom stereocenters. The van der Waals surface area contributed by atoms with E-state index in [0.717, 1.165) is 42.0 Å². The molecule has 121 heavy (non-hydrogen) atoms. The number of piperidine rings is 1. The number of fused-ring (bicyclic) bond motifs is 3. The molecule has 1 saturated carbocycles. The van der Waals surface area contributed by atoms with Crippen LogP contribution in [0.15, 0.2) is 122 Å². The summed E-state index contributed by atoms with van der Waals surface area (Å²) < 4.78 is 140. The van der Waals surface area contributed by atoms with Gasteiger partial charge in [-0.15, -0.1) is 0 Å². The van der Waals surface area contributed by atoms with E-state index < -0.39 is 76.3 Å². The minimum Gasteiger partial charge on any atom is -0.449 e. The zero-order chi connectivity index (χ0) is 88.7. The monoisotopic (exact) mass is 1780 g/mol. The number of hydrogen-bond donors (Lipinski definition) is 4. The maximum atomic E-state index is 14.3. The lowest BCUT2D eigenvalue weighted by Gasteiger charge is -2.47. The van der Waals surface area contributed by atoms with E-state index in [-0.39, 0.29) is 104 Å². The average molecular weight is 1780 g/mol. The second-order valence-electron chi connectivity index (χ2n) is 35.9. The van der Waals surface area contributed by atoms with Crippen molar-refractivity contribution in [3.63, 3.8) is 0 Å². The van der Waals surface area contributed by atoms with Crippen LogP contribution in [0.1, 0.15) is 188 Å². The number of rotatable bonds is 14. The topological polar surface area (TPSA) is 343 Å². The van der Waals surface area contributed by atoms with E-state index in [1.165, 1.54) is 46.8 Å². The van der Waals surface area contributed by atoms with Crippen molar-refractivity contribution in [3.8, 4) is 33.8 Å². The Balaban J connectivity index is 0.000000167. The Labute approximate surface area is 716 Å². The number of sulfonamides is 2. The van der Waals surface area contributed by atoms with Crippen LogP contribution in [0.25, 0.3) is 67.1 Å². The van der Waals surface area contributed by atoms with Crippen molar-refractivity contribution < 1.29 is 75.6 Å². The van der Waals surface area contributed by atoms with Crippen LogP contribution in [-0.4, -0.2) is 181 Å². The lowest BCUT2D eigenvalue weighted by molar-refractivity contribution is 0.0321. The molecule has 4 N–H and O–H groups in total. The molecule has 4 aliphatic rings. The number of benzene rings is 3. The van der Waals surface area contributed by atoms with Gasteiger partial charge >= 0.3 is 6.03 Å². The molecule has 6 amide bonds. The Morgan fingerprint density at radius 2 is 0.851 bits per heavy atom. The van der Waals surface area contributed by atoms with Gasteiger partial charge in [-0.25, -0.2) is 64.2 Å². The summed E-state index contributed by atoms with van der Waals surface area (Å²) in [6.07, 6.45) is 4.36. The summed E-state index contributed by atoms with van der Waals surface area (Å²) in [5, 5.41) is 2.74. The van der Waals surface area contributed by atoms with Crippen LogP contribution in [0.3, 0.4) is 0 Å². The predicted octanol–water partition coefficient (Wildman–Crippen LogP) is 15.8. The number of amides is 6. The molecule has 0 bridgehead atoms. The van der Waals surface area contributed by atoms with Crippen molar-refractivity contribution in [1.29, 1.82) is 0 Å². The number of aromatic nitrogens is 4. The summed E-state index contributed by atoms with van der Waals surface area (Å²) >= 11 is 17.6. The summed E-state index contributed by atoms with van der Waals surface area (Å²) in [7, 11) is -11.0. The van der Waals surface area contributed by atoms with Gasteiger partial charge in [0.25, 0.3) is 33.8 Å². The van der Waals surface area contributed by atoms with Gasteiger partial charge in [0.05, 0.1) is 55.7 Å². The number of piperazine rings is 2. The quantitative estimate of drug-likeness (QED) is 0.0785. The smallest absolute Gasteiger partial charge is 0.328 e. The van der Waals surface area contributed by atoms with E-state index in [1.807, 2.05) is 136 Å². The number of pyridine rings is 4. The predicted molar refractivity (Wildman–Crippen MR) is 460 cm³/mol. The van der Waals surface area contributed by atoms with Crippen LogP contribution >= 0.6 is 34.8 Å². The van der Waals surface area contributed by atoms with Crippen LogP contribution in [0.2, 0.25) is 15.1 Å². The standard InChI is InChI=1S/C31H33ClFN5O5S.C27H32ClFN4O5S.C27H32ClFN4O4S/c1-30(2,3)19-15-23(18-10-11-20(32)21(33)14-18)34-24-16-25(43-27(19)24)29(40)38-13-12-37(17-31(38,4)5)26-9-7-8-22(35-26)28(39)36-44(6,41)42;1-26(2,3)17-12-20(15-7-8-18(28)19(29)11-15)31-21-13-22(38-23(17)21)24(34)33-10-9-16(14-27(33,4)5)30-25(35)32-39(6,36)37;1-26(2,3)18-13-21(16-6-9-19(28)20(29)12-16)30-22-14-23(37-24(18)22)25(34)33-11-10-32(15-27(33,4)5)38(35,36)31-17-7-8-17/h7-11,14-16H,12-13,17H2,1-6H3,(H,36,39);7-8,11-13,16H,9-10,14H2,1-6H3,(H2,30,32,35);6,9,12-14,17,31H,7-8,10-11,15H2,1-5H3. The second kappa shape index (κ2) is 33.5. The van der Waals surface area contributed by atoms with E-state index in [4.69, 9.17) is 53.0 Å². The molecule has 4 fully saturated rings. The van der Waals surface area contributed by atoms with Crippen molar-refractivity contribution in [2.75, 3.05) is 63.2 Å². The molecule has 3 saturated heterocycles. The van der Waals surface area contributed by atoms with Gasteiger partial charge in [-0.3, -0.25) is 19.2 Å². The molecule has 27 nitrogen and oxygen atoms in total. The number of nitrogens with zero attached hydrogens (tertiary/aromatic N) is 9. The largest absolute Gasteiger partial charge is 0.449 e. The minimum absolute atomic E-state index is 0.0112. The van der Waals surface area contributed by atoms with Gasteiger partial charge in [0.15, 0.2) is 34.0 Å². The summed E-state index contributed by atoms with van der Waals surface area (Å²) in [6, 6.07) is 27.6. The molecule has 0 radical (unpaired) electrons. The molecular formula is C85H97Cl3F3N13O14S3. The van der Waals surface area contributed by atoms with Gasteiger partial charge in [0.2, 0.25) is 20.0 Å². The Morgan fingerprint density at radius 1 is 0.463 bits per heavy atom. The molecule has 14 rings (SSSR count). The third-order valence-electron chi connectivity index (χ3n) is 21.2. The van der Waals surface area contributed by atoms with Crippen LogP contribution in [-0.2, 0) is 46.5 Å². The fourth-order valence-electron chi connectivity index (χ4n) is 15.0. The molecule has 10 heterocycles. The SMILES string of the molecule is CC(C)(C)c1cc(-c2ccc(Cl)c(F)c2)nc2cc(C(=O)N3CCC(NC(=O)NS(C)(=O)=O)CC3(C)C)oc12.CC(C)(C)c1cc(-c2ccc(Cl)c(F)c2)nc2cc(C(=O)N3CCN(S(=O)(=O)NC4CC4)CC3(C)C)oc12.CC(C)(C)c1cc(-c2ccc(Cl)c(F)c2)nc2cc(C(=O)N3CCN(c4cccc(C(=O)NS(C)(=O)=O)n4)CC3(C)C)oc12. The first-order valence-electron chi connectivity index (χ1n) is 39.0. The number of urea groups is 1. The highest BCUT2D eigenvalue weighted by Gasteiger charge is 2.45.